The number of benzene rings is 2. The van der Waals surface area contributed by atoms with Crippen molar-refractivity contribution < 1.29 is 28.2 Å². The van der Waals surface area contributed by atoms with E-state index in [1.165, 1.54) is 36.6 Å². The molecule has 14 heteroatoms. The molecule has 1 aromatic heterocycles. The quantitative estimate of drug-likeness (QED) is 0.296. The zero-order valence-electron chi connectivity index (χ0n) is 26.8. The minimum atomic E-state index is -0.852. The number of amides is 2. The minimum Gasteiger partial charge on any atom is -0.466 e. The molecule has 3 aliphatic rings. The smallest absolute Gasteiger partial charge is 0.338 e. The number of esters is 2. The van der Waals surface area contributed by atoms with Crippen molar-refractivity contribution in [2.75, 3.05) is 44.7 Å². The average Bonchev–Trinajstić information content (AvgIpc) is 3.72. The molecule has 2 saturated heterocycles. The van der Waals surface area contributed by atoms with Crippen LogP contribution in [0.2, 0.25) is 5.02 Å². The van der Waals surface area contributed by atoms with Gasteiger partial charge in [-0.05, 0) is 50.1 Å². The first kappa shape index (κ1) is 33.6. The summed E-state index contributed by atoms with van der Waals surface area (Å²) < 4.78 is 24.4. The first-order valence-electron chi connectivity index (χ1n) is 15.7. The van der Waals surface area contributed by atoms with E-state index in [2.05, 4.69) is 15.2 Å². The van der Waals surface area contributed by atoms with Gasteiger partial charge < -0.3 is 19.7 Å². The Morgan fingerprint density at radius 3 is 2.62 bits per heavy atom. The molecule has 2 amide bonds. The number of rotatable bonds is 10. The first-order valence-corrected chi connectivity index (χ1v) is 17.0. The van der Waals surface area contributed by atoms with Crippen molar-refractivity contribution in [2.45, 2.75) is 44.9 Å². The van der Waals surface area contributed by atoms with E-state index in [0.29, 0.717) is 67.7 Å². The summed E-state index contributed by atoms with van der Waals surface area (Å²) in [6.45, 7) is 6.16. The number of aliphatic imine (C=N–C) groups is 1. The van der Waals surface area contributed by atoms with Crippen molar-refractivity contribution >= 4 is 52.4 Å². The van der Waals surface area contributed by atoms with Crippen LogP contribution in [0.5, 0.6) is 0 Å². The van der Waals surface area contributed by atoms with Crippen LogP contribution in [0.3, 0.4) is 0 Å². The lowest BCUT2D eigenvalue weighted by atomic mass is 9.95. The maximum absolute atomic E-state index is 14.0. The summed E-state index contributed by atoms with van der Waals surface area (Å²) in [6, 6.07) is 10.7. The fourth-order valence-electron chi connectivity index (χ4n) is 6.23. The highest BCUT2D eigenvalue weighted by Crippen LogP contribution is 2.37. The maximum Gasteiger partial charge on any atom is 0.338 e. The highest BCUT2D eigenvalue weighted by molar-refractivity contribution is 7.11. The van der Waals surface area contributed by atoms with Crippen molar-refractivity contribution in [3.63, 3.8) is 0 Å². The second-order valence-corrected chi connectivity index (χ2v) is 13.4. The third-order valence-corrected chi connectivity index (χ3v) is 9.58. The minimum absolute atomic E-state index is 0.0534. The second kappa shape index (κ2) is 14.4. The normalized spacial score (nSPS) is 19.7. The Hall–Kier alpha value is -4.33. The van der Waals surface area contributed by atoms with Gasteiger partial charge in [-0.25, -0.2) is 19.0 Å². The molecule has 11 nitrogen and oxygen atoms in total. The highest BCUT2D eigenvalue weighted by Gasteiger charge is 2.42. The Morgan fingerprint density at radius 1 is 1.15 bits per heavy atom. The SMILES string of the molecule is COC(=O)C1=C(CN2CCN3C(=O)N(c4ccc(CCC(=O)OC(C)C)cc4)C[C@@H]3C2)NC(c2nccs2)=N[C@H]1c1ccc(F)cc1Cl. The predicted molar refractivity (Wildman–Crippen MR) is 181 cm³/mol. The monoisotopic (exact) mass is 694 g/mol. The summed E-state index contributed by atoms with van der Waals surface area (Å²) in [5, 5.41) is 5.93. The molecular formula is C34H36ClFN6O5S. The van der Waals surface area contributed by atoms with Gasteiger partial charge in [-0.3, -0.25) is 19.6 Å². The number of ether oxygens (including phenoxy) is 2. The lowest BCUT2D eigenvalue weighted by Crippen LogP contribution is -2.53. The number of halogens is 2. The predicted octanol–water partition coefficient (Wildman–Crippen LogP) is 4.96. The lowest BCUT2D eigenvalue weighted by molar-refractivity contribution is -0.147. The van der Waals surface area contributed by atoms with Crippen molar-refractivity contribution in [1.29, 1.82) is 0 Å². The molecule has 0 spiro atoms. The number of anilines is 1. The number of methoxy groups -OCH3 is 1. The molecule has 0 radical (unpaired) electrons. The highest BCUT2D eigenvalue weighted by atomic mass is 35.5. The summed E-state index contributed by atoms with van der Waals surface area (Å²) >= 11 is 7.89. The number of carbonyl (C=O) groups excluding carboxylic acids is 3. The van der Waals surface area contributed by atoms with Gasteiger partial charge in [0.25, 0.3) is 0 Å². The van der Waals surface area contributed by atoms with Gasteiger partial charge in [0.05, 0.1) is 24.8 Å². The van der Waals surface area contributed by atoms with Gasteiger partial charge in [-0.1, -0.05) is 29.8 Å². The van der Waals surface area contributed by atoms with Crippen LogP contribution < -0.4 is 10.2 Å². The number of piperazine rings is 1. The van der Waals surface area contributed by atoms with Crippen LogP contribution in [0.1, 0.15) is 42.4 Å². The fraction of sp³-hybridized carbons (Fsp3) is 0.382. The van der Waals surface area contributed by atoms with Crippen LogP contribution in [0.25, 0.3) is 0 Å². The number of hydrogen-bond acceptors (Lipinski definition) is 10. The van der Waals surface area contributed by atoms with Gasteiger partial charge in [-0.2, -0.15) is 0 Å². The number of fused-ring (bicyclic) bond motifs is 1. The molecule has 2 aromatic carbocycles. The topological polar surface area (TPSA) is 117 Å². The summed E-state index contributed by atoms with van der Waals surface area (Å²) in [6.07, 6.45) is 2.38. The number of aromatic nitrogens is 1. The van der Waals surface area contributed by atoms with Crippen LogP contribution in [-0.2, 0) is 25.5 Å². The molecule has 6 rings (SSSR count). The van der Waals surface area contributed by atoms with Gasteiger partial charge in [0, 0.05) is 72.7 Å². The molecule has 2 atom stereocenters. The number of nitrogens with one attached hydrogen (secondary N) is 1. The summed E-state index contributed by atoms with van der Waals surface area (Å²) in [5.41, 5.74) is 3.10. The molecule has 0 saturated carbocycles. The van der Waals surface area contributed by atoms with E-state index in [0.717, 1.165) is 11.3 Å². The standard InChI is InChI=1S/C34H36ClFN6O5S/c1-20(2)47-28(43)11-6-21-4-8-23(9-5-21)42-18-24-17-40(13-14-41(24)34(42)45)19-27-29(33(44)46-3)30(25-10-7-22(36)16-26(25)35)39-31(38-27)32-37-12-15-48-32/h4-5,7-10,12,15-16,20,24,30H,6,11,13-14,17-19H2,1-3H3,(H,38,39)/t24-,30-/m0/s1. The zero-order valence-corrected chi connectivity index (χ0v) is 28.4. The third-order valence-electron chi connectivity index (χ3n) is 8.47. The molecular weight excluding hydrogens is 659 g/mol. The van der Waals surface area contributed by atoms with Crippen LogP contribution >= 0.6 is 22.9 Å². The molecule has 2 fully saturated rings. The largest absolute Gasteiger partial charge is 0.466 e. The molecule has 0 unspecified atom stereocenters. The van der Waals surface area contributed by atoms with E-state index in [9.17, 15) is 18.8 Å². The number of thiazole rings is 1. The molecule has 3 aliphatic heterocycles. The molecule has 0 bridgehead atoms. The van der Waals surface area contributed by atoms with E-state index >= 15 is 0 Å². The van der Waals surface area contributed by atoms with Gasteiger partial charge in [0.2, 0.25) is 0 Å². The molecule has 4 heterocycles. The summed E-state index contributed by atoms with van der Waals surface area (Å²) in [5.74, 6) is -0.835. The van der Waals surface area contributed by atoms with Crippen molar-refractivity contribution in [3.05, 3.63) is 92.3 Å². The van der Waals surface area contributed by atoms with Gasteiger partial charge >= 0.3 is 18.0 Å². The Balaban J connectivity index is 1.19. The van der Waals surface area contributed by atoms with Gasteiger partial charge in [0.1, 0.15) is 11.9 Å². The van der Waals surface area contributed by atoms with E-state index < -0.39 is 17.8 Å². The molecule has 3 aromatic rings. The number of aryl methyl sites for hydroxylation is 1. The number of urea groups is 1. The zero-order chi connectivity index (χ0) is 33.9. The Labute approximate surface area is 287 Å². The van der Waals surface area contributed by atoms with Crippen LogP contribution in [0.4, 0.5) is 14.9 Å². The summed E-state index contributed by atoms with van der Waals surface area (Å²) in [7, 11) is 1.31. The maximum atomic E-state index is 14.0. The Kier molecular flexibility index (Phi) is 10.1. The number of nitrogens with zero attached hydrogens (tertiary/aromatic N) is 5. The van der Waals surface area contributed by atoms with Crippen LogP contribution in [0, 0.1) is 5.82 Å². The van der Waals surface area contributed by atoms with Crippen LogP contribution in [0.15, 0.2) is 70.3 Å². The number of hydrogen-bond donors (Lipinski definition) is 1. The van der Waals surface area contributed by atoms with E-state index in [4.69, 9.17) is 26.1 Å². The van der Waals surface area contributed by atoms with E-state index in [-0.39, 0.29) is 34.7 Å². The van der Waals surface area contributed by atoms with Crippen molar-refractivity contribution in [3.8, 4) is 0 Å². The van der Waals surface area contributed by atoms with E-state index in [1.54, 1.807) is 11.1 Å². The van der Waals surface area contributed by atoms with E-state index in [1.807, 2.05) is 48.4 Å². The van der Waals surface area contributed by atoms with Crippen LogP contribution in [-0.4, -0.2) is 90.6 Å². The average molecular weight is 695 g/mol. The molecule has 0 aliphatic carbocycles. The molecule has 252 valence electrons. The first-order chi connectivity index (χ1) is 23.1. The number of amidine groups is 1. The van der Waals surface area contributed by atoms with Gasteiger partial charge in [-0.15, -0.1) is 11.3 Å². The second-order valence-electron chi connectivity index (χ2n) is 12.1. The Morgan fingerprint density at radius 2 is 1.94 bits per heavy atom. The summed E-state index contributed by atoms with van der Waals surface area (Å²) in [4.78, 5) is 53.8. The number of carbonyl (C=O) groups is 3. The molecule has 48 heavy (non-hydrogen) atoms. The van der Waals surface area contributed by atoms with Gasteiger partial charge in [0.15, 0.2) is 10.8 Å². The molecule has 1 N–H and O–H groups in total. The van der Waals surface area contributed by atoms with Crippen molar-refractivity contribution in [2.24, 2.45) is 4.99 Å². The third kappa shape index (κ3) is 7.23. The fourth-order valence-corrected chi connectivity index (χ4v) is 7.09. The lowest BCUT2D eigenvalue weighted by Gasteiger charge is -2.38. The van der Waals surface area contributed by atoms with Crippen molar-refractivity contribution in [1.82, 2.24) is 20.1 Å². The Bertz CT molecular complexity index is 1750.